The zero-order valence-electron chi connectivity index (χ0n) is 12.9. The van der Waals surface area contributed by atoms with Crippen molar-refractivity contribution in [2.75, 3.05) is 26.7 Å². The van der Waals surface area contributed by atoms with Crippen molar-refractivity contribution in [2.24, 2.45) is 11.7 Å². The van der Waals surface area contributed by atoms with Crippen LogP contribution in [0.25, 0.3) is 0 Å². The second-order valence-electron chi connectivity index (χ2n) is 6.28. The van der Waals surface area contributed by atoms with Crippen molar-refractivity contribution in [1.29, 1.82) is 0 Å². The predicted molar refractivity (Wildman–Crippen MR) is 80.0 cm³/mol. The van der Waals surface area contributed by atoms with E-state index in [1.54, 1.807) is 7.05 Å². The Morgan fingerprint density at radius 3 is 2.74 bits per heavy atom. The smallest absolute Gasteiger partial charge is 0.237 e. The van der Waals surface area contributed by atoms with Gasteiger partial charge in [-0.15, -0.1) is 0 Å². The molecule has 2 unspecified atom stereocenters. The summed E-state index contributed by atoms with van der Waals surface area (Å²) in [5.41, 5.74) is 4.88. The quantitative estimate of drug-likeness (QED) is 0.692. The second kappa shape index (κ2) is 7.85. The maximum atomic E-state index is 11.4. The van der Waals surface area contributed by atoms with Crippen molar-refractivity contribution in [3.05, 3.63) is 0 Å². The molecule has 4 nitrogen and oxygen atoms in total. The number of nitrogens with one attached hydrogen (secondary N) is 1. The number of nitrogens with two attached hydrogens (primary N) is 1. The first-order chi connectivity index (χ1) is 8.98. The predicted octanol–water partition coefficient (Wildman–Crippen LogP) is 1.74. The summed E-state index contributed by atoms with van der Waals surface area (Å²) in [6, 6.07) is 0. The number of likely N-dealkylation sites (tertiary alicyclic amines) is 1. The third-order valence-electron chi connectivity index (χ3n) is 4.61. The number of amides is 1. The fraction of sp³-hybridized carbons (Fsp3) is 0.933. The molecule has 1 amide bonds. The highest BCUT2D eigenvalue weighted by atomic mass is 16.1. The second-order valence-corrected chi connectivity index (χ2v) is 6.28. The monoisotopic (exact) mass is 269 g/mol. The minimum Gasteiger partial charge on any atom is -0.368 e. The van der Waals surface area contributed by atoms with Gasteiger partial charge in [-0.25, -0.2) is 0 Å². The van der Waals surface area contributed by atoms with Gasteiger partial charge < -0.3 is 16.0 Å². The summed E-state index contributed by atoms with van der Waals surface area (Å²) in [5.74, 6) is 0.631. The van der Waals surface area contributed by atoms with E-state index in [-0.39, 0.29) is 5.91 Å². The number of likely N-dealkylation sites (N-methyl/N-ethyl adjacent to an activating group) is 1. The van der Waals surface area contributed by atoms with Crippen LogP contribution in [-0.4, -0.2) is 43.0 Å². The number of nitrogens with zero attached hydrogens (tertiary/aromatic N) is 1. The maximum absolute atomic E-state index is 11.4. The summed E-state index contributed by atoms with van der Waals surface area (Å²) in [6.45, 7) is 7.88. The van der Waals surface area contributed by atoms with E-state index >= 15 is 0 Å². The molecule has 4 heteroatoms. The van der Waals surface area contributed by atoms with Crippen molar-refractivity contribution in [3.63, 3.8) is 0 Å². The molecule has 0 bridgehead atoms. The minimum atomic E-state index is -0.548. The van der Waals surface area contributed by atoms with Crippen LogP contribution in [0, 0.1) is 5.92 Å². The van der Waals surface area contributed by atoms with Gasteiger partial charge in [0.2, 0.25) is 5.91 Å². The van der Waals surface area contributed by atoms with Crippen LogP contribution in [-0.2, 0) is 4.79 Å². The Morgan fingerprint density at radius 1 is 1.37 bits per heavy atom. The van der Waals surface area contributed by atoms with Crippen molar-refractivity contribution in [3.8, 4) is 0 Å². The van der Waals surface area contributed by atoms with Gasteiger partial charge in [0, 0.05) is 0 Å². The van der Waals surface area contributed by atoms with E-state index < -0.39 is 5.54 Å². The van der Waals surface area contributed by atoms with Gasteiger partial charge in [-0.2, -0.15) is 0 Å². The lowest BCUT2D eigenvalue weighted by Crippen LogP contribution is -2.51. The molecule has 1 fully saturated rings. The number of primary amides is 1. The molecule has 1 saturated heterocycles. The zero-order chi connectivity index (χ0) is 14.3. The average molecular weight is 269 g/mol. The number of hydrogen-bond acceptors (Lipinski definition) is 3. The highest BCUT2D eigenvalue weighted by Crippen LogP contribution is 2.18. The summed E-state index contributed by atoms with van der Waals surface area (Å²) >= 11 is 0. The molecule has 112 valence electrons. The van der Waals surface area contributed by atoms with Crippen LogP contribution in [0.15, 0.2) is 0 Å². The topological polar surface area (TPSA) is 58.4 Å². The Labute approximate surface area is 118 Å². The molecule has 0 aromatic rings. The van der Waals surface area contributed by atoms with Gasteiger partial charge >= 0.3 is 0 Å². The molecule has 0 saturated carbocycles. The summed E-state index contributed by atoms with van der Waals surface area (Å²) < 4.78 is 0. The van der Waals surface area contributed by atoms with E-state index in [9.17, 15) is 4.79 Å². The number of rotatable bonds is 7. The maximum Gasteiger partial charge on any atom is 0.237 e. The van der Waals surface area contributed by atoms with Crippen LogP contribution in [0.3, 0.4) is 0 Å². The SMILES string of the molecule is CNC(C)(CCCCN1CCCC(C)CC1)C(N)=O. The van der Waals surface area contributed by atoms with E-state index in [4.69, 9.17) is 5.73 Å². The summed E-state index contributed by atoms with van der Waals surface area (Å²) in [5, 5.41) is 3.04. The number of carbonyl (C=O) groups is 1. The molecule has 1 aliphatic heterocycles. The summed E-state index contributed by atoms with van der Waals surface area (Å²) in [7, 11) is 1.81. The lowest BCUT2D eigenvalue weighted by molar-refractivity contribution is -0.123. The highest BCUT2D eigenvalue weighted by Gasteiger charge is 2.28. The van der Waals surface area contributed by atoms with Gasteiger partial charge in [0.25, 0.3) is 0 Å². The van der Waals surface area contributed by atoms with Crippen molar-refractivity contribution < 1.29 is 4.79 Å². The van der Waals surface area contributed by atoms with E-state index in [0.29, 0.717) is 0 Å². The molecule has 2 atom stereocenters. The molecule has 0 spiro atoms. The third kappa shape index (κ3) is 5.49. The fourth-order valence-corrected chi connectivity index (χ4v) is 2.73. The molecule has 1 heterocycles. The third-order valence-corrected chi connectivity index (χ3v) is 4.61. The van der Waals surface area contributed by atoms with Crippen molar-refractivity contribution in [2.45, 2.75) is 57.9 Å². The van der Waals surface area contributed by atoms with E-state index in [0.717, 1.165) is 31.7 Å². The summed E-state index contributed by atoms with van der Waals surface area (Å²) in [6.07, 6.45) is 7.05. The van der Waals surface area contributed by atoms with Crippen molar-refractivity contribution >= 4 is 5.91 Å². The highest BCUT2D eigenvalue weighted by molar-refractivity contribution is 5.84. The molecule has 1 aliphatic rings. The van der Waals surface area contributed by atoms with Gasteiger partial charge in [-0.3, -0.25) is 4.79 Å². The molecule has 19 heavy (non-hydrogen) atoms. The molecule has 0 radical (unpaired) electrons. The van der Waals surface area contributed by atoms with Gasteiger partial charge in [0.05, 0.1) is 5.54 Å². The zero-order valence-corrected chi connectivity index (χ0v) is 12.9. The van der Waals surface area contributed by atoms with Crippen LogP contribution < -0.4 is 11.1 Å². The van der Waals surface area contributed by atoms with E-state index in [2.05, 4.69) is 17.1 Å². The standard InChI is InChI=1S/C15H31N3O/c1-13-7-6-11-18(12-8-13)10-5-4-9-15(2,17-3)14(16)19/h13,17H,4-12H2,1-3H3,(H2,16,19). The van der Waals surface area contributed by atoms with Crippen LogP contribution in [0.5, 0.6) is 0 Å². The normalized spacial score (nSPS) is 24.7. The van der Waals surface area contributed by atoms with Gasteiger partial charge in [-0.05, 0) is 78.0 Å². The van der Waals surface area contributed by atoms with E-state index in [1.165, 1.54) is 32.4 Å². The van der Waals surface area contributed by atoms with Crippen molar-refractivity contribution in [1.82, 2.24) is 10.2 Å². The molecule has 0 aliphatic carbocycles. The first-order valence-corrected chi connectivity index (χ1v) is 7.69. The Hall–Kier alpha value is -0.610. The Balaban J connectivity index is 2.21. The lowest BCUT2D eigenvalue weighted by atomic mass is 9.94. The van der Waals surface area contributed by atoms with Crippen LogP contribution >= 0.6 is 0 Å². The molecule has 3 N–H and O–H groups in total. The Kier molecular flexibility index (Phi) is 6.80. The number of carbonyl (C=O) groups excluding carboxylic acids is 1. The van der Waals surface area contributed by atoms with Crippen LogP contribution in [0.1, 0.15) is 52.4 Å². The molecule has 0 aromatic carbocycles. The van der Waals surface area contributed by atoms with Crippen LogP contribution in [0.4, 0.5) is 0 Å². The van der Waals surface area contributed by atoms with Gasteiger partial charge in [-0.1, -0.05) is 6.92 Å². The van der Waals surface area contributed by atoms with E-state index in [1.807, 2.05) is 6.92 Å². The van der Waals surface area contributed by atoms with Gasteiger partial charge in [0.15, 0.2) is 0 Å². The first-order valence-electron chi connectivity index (χ1n) is 7.69. The molecule has 1 rings (SSSR count). The minimum absolute atomic E-state index is 0.251. The first kappa shape index (κ1) is 16.4. The Morgan fingerprint density at radius 2 is 2.11 bits per heavy atom. The molecule has 0 aromatic heterocycles. The fourth-order valence-electron chi connectivity index (χ4n) is 2.73. The molecular weight excluding hydrogens is 238 g/mol. The summed E-state index contributed by atoms with van der Waals surface area (Å²) in [4.78, 5) is 14.0. The molecular formula is C15H31N3O. The average Bonchev–Trinajstić information content (AvgIpc) is 2.59. The Bertz CT molecular complexity index is 283. The number of hydrogen-bond donors (Lipinski definition) is 2. The van der Waals surface area contributed by atoms with Gasteiger partial charge in [0.1, 0.15) is 0 Å². The largest absolute Gasteiger partial charge is 0.368 e. The number of unbranched alkanes of at least 4 members (excludes halogenated alkanes) is 1. The van der Waals surface area contributed by atoms with Crippen LogP contribution in [0.2, 0.25) is 0 Å². The lowest BCUT2D eigenvalue weighted by Gasteiger charge is -2.26.